The lowest BCUT2D eigenvalue weighted by atomic mass is 10.2. The van der Waals surface area contributed by atoms with Gasteiger partial charge < -0.3 is 10.2 Å². The highest BCUT2D eigenvalue weighted by molar-refractivity contribution is 6.31. The first kappa shape index (κ1) is 12.5. The Bertz CT molecular complexity index is 289. The van der Waals surface area contributed by atoms with Crippen LogP contribution in [-0.2, 0) is 7.05 Å². The van der Waals surface area contributed by atoms with Gasteiger partial charge in [-0.2, -0.15) is 5.10 Å². The Morgan fingerprint density at radius 2 is 2.27 bits per heavy atom. The van der Waals surface area contributed by atoms with Gasteiger partial charge >= 0.3 is 0 Å². The van der Waals surface area contributed by atoms with Crippen LogP contribution in [0.25, 0.3) is 0 Å². The van der Waals surface area contributed by atoms with Crippen LogP contribution in [0.4, 0.5) is 0 Å². The van der Waals surface area contributed by atoms with Gasteiger partial charge in [0.2, 0.25) is 0 Å². The van der Waals surface area contributed by atoms with E-state index < -0.39 is 0 Å². The Morgan fingerprint density at radius 3 is 2.67 bits per heavy atom. The van der Waals surface area contributed by atoms with E-state index in [1.807, 2.05) is 11.7 Å². The number of hydrogen-bond acceptors (Lipinski definition) is 3. The fraction of sp³-hybridized carbons (Fsp3) is 0.700. The summed E-state index contributed by atoms with van der Waals surface area (Å²) in [6, 6.07) is 0.227. The minimum Gasteiger partial charge on any atom is -0.308 e. The number of nitrogens with zero attached hydrogens (tertiary/aromatic N) is 3. The van der Waals surface area contributed by atoms with Crippen molar-refractivity contribution < 1.29 is 0 Å². The van der Waals surface area contributed by atoms with E-state index in [1.165, 1.54) is 0 Å². The van der Waals surface area contributed by atoms with E-state index in [4.69, 9.17) is 11.6 Å². The molecule has 0 radical (unpaired) electrons. The van der Waals surface area contributed by atoms with Crippen molar-refractivity contribution in [3.8, 4) is 0 Å². The first-order chi connectivity index (χ1) is 7.06. The van der Waals surface area contributed by atoms with E-state index in [-0.39, 0.29) is 6.04 Å². The van der Waals surface area contributed by atoms with Gasteiger partial charge in [0.15, 0.2) is 0 Å². The second kappa shape index (κ2) is 5.49. The molecule has 1 rings (SSSR count). The summed E-state index contributed by atoms with van der Waals surface area (Å²) < 4.78 is 1.83. The van der Waals surface area contributed by atoms with Gasteiger partial charge in [0.05, 0.1) is 23.0 Å². The SMILES string of the molecule is CCNC(CN(C)C)c1c(Cl)cnn1C. The van der Waals surface area contributed by atoms with Crippen molar-refractivity contribution in [3.63, 3.8) is 0 Å². The lowest BCUT2D eigenvalue weighted by Gasteiger charge is -2.22. The summed E-state index contributed by atoms with van der Waals surface area (Å²) in [6.45, 7) is 3.92. The quantitative estimate of drug-likeness (QED) is 0.828. The van der Waals surface area contributed by atoms with Crippen molar-refractivity contribution >= 4 is 11.6 Å². The lowest BCUT2D eigenvalue weighted by molar-refractivity contribution is 0.336. The molecule has 0 fully saturated rings. The maximum absolute atomic E-state index is 6.12. The normalized spacial score (nSPS) is 13.5. The van der Waals surface area contributed by atoms with E-state index in [1.54, 1.807) is 6.20 Å². The molecule has 0 aliphatic carbocycles. The zero-order chi connectivity index (χ0) is 11.4. The van der Waals surface area contributed by atoms with Crippen LogP contribution in [0.3, 0.4) is 0 Å². The number of aromatic nitrogens is 2. The number of aryl methyl sites for hydroxylation is 1. The van der Waals surface area contributed by atoms with Crippen molar-refractivity contribution in [1.29, 1.82) is 0 Å². The first-order valence-electron chi connectivity index (χ1n) is 5.11. The summed E-state index contributed by atoms with van der Waals surface area (Å²) in [5, 5.41) is 8.29. The summed E-state index contributed by atoms with van der Waals surface area (Å²) in [5.41, 5.74) is 1.05. The van der Waals surface area contributed by atoms with E-state index in [2.05, 4.69) is 36.3 Å². The van der Waals surface area contributed by atoms with E-state index in [9.17, 15) is 0 Å². The predicted octanol–water partition coefficient (Wildman–Crippen LogP) is 1.29. The Hall–Kier alpha value is -0.580. The third-order valence-electron chi connectivity index (χ3n) is 2.27. The molecule has 0 saturated carbocycles. The van der Waals surface area contributed by atoms with Gasteiger partial charge in [-0.15, -0.1) is 0 Å². The molecule has 1 unspecified atom stereocenters. The molecule has 1 heterocycles. The molecule has 0 saturated heterocycles. The maximum Gasteiger partial charge on any atom is 0.0834 e. The van der Waals surface area contributed by atoms with Crippen LogP contribution in [0.2, 0.25) is 5.02 Å². The molecule has 1 atom stereocenters. The van der Waals surface area contributed by atoms with Gasteiger partial charge in [-0.3, -0.25) is 4.68 Å². The topological polar surface area (TPSA) is 33.1 Å². The molecule has 1 aromatic rings. The highest BCUT2D eigenvalue weighted by atomic mass is 35.5. The summed E-state index contributed by atoms with van der Waals surface area (Å²) in [7, 11) is 6.02. The van der Waals surface area contributed by atoms with Crippen molar-refractivity contribution in [2.75, 3.05) is 27.2 Å². The van der Waals surface area contributed by atoms with Crippen molar-refractivity contribution in [1.82, 2.24) is 20.0 Å². The van der Waals surface area contributed by atoms with Crippen LogP contribution in [-0.4, -0.2) is 41.9 Å². The van der Waals surface area contributed by atoms with Crippen LogP contribution in [0.5, 0.6) is 0 Å². The van der Waals surface area contributed by atoms with Crippen molar-refractivity contribution in [3.05, 3.63) is 16.9 Å². The fourth-order valence-electron chi connectivity index (χ4n) is 1.67. The monoisotopic (exact) mass is 230 g/mol. The van der Waals surface area contributed by atoms with Crippen LogP contribution in [0.1, 0.15) is 18.7 Å². The molecule has 0 bridgehead atoms. The van der Waals surface area contributed by atoms with Crippen LogP contribution in [0.15, 0.2) is 6.20 Å². The molecule has 4 nitrogen and oxygen atoms in total. The van der Waals surface area contributed by atoms with Gasteiger partial charge in [0, 0.05) is 13.6 Å². The highest BCUT2D eigenvalue weighted by Crippen LogP contribution is 2.22. The Balaban J connectivity index is 2.87. The van der Waals surface area contributed by atoms with Gasteiger partial charge in [-0.05, 0) is 20.6 Å². The highest BCUT2D eigenvalue weighted by Gasteiger charge is 2.18. The molecule has 0 aliphatic rings. The smallest absolute Gasteiger partial charge is 0.0834 e. The molecule has 1 N–H and O–H groups in total. The number of hydrogen-bond donors (Lipinski definition) is 1. The zero-order valence-corrected chi connectivity index (χ0v) is 10.5. The third-order valence-corrected chi connectivity index (χ3v) is 2.56. The molecule has 15 heavy (non-hydrogen) atoms. The first-order valence-corrected chi connectivity index (χ1v) is 5.49. The van der Waals surface area contributed by atoms with E-state index in [0.29, 0.717) is 0 Å². The Labute approximate surface area is 96.2 Å². The summed E-state index contributed by atoms with van der Waals surface area (Å²) in [5.74, 6) is 0. The van der Waals surface area contributed by atoms with Crippen molar-refractivity contribution in [2.24, 2.45) is 7.05 Å². The lowest BCUT2D eigenvalue weighted by Crippen LogP contribution is -2.32. The van der Waals surface area contributed by atoms with Gasteiger partial charge in [-0.1, -0.05) is 18.5 Å². The van der Waals surface area contributed by atoms with Crippen molar-refractivity contribution in [2.45, 2.75) is 13.0 Å². The van der Waals surface area contributed by atoms with Crippen LogP contribution >= 0.6 is 11.6 Å². The fourth-order valence-corrected chi connectivity index (χ4v) is 1.97. The molecule has 0 aromatic carbocycles. The Kier molecular flexibility index (Phi) is 4.57. The van der Waals surface area contributed by atoms with E-state index >= 15 is 0 Å². The molecule has 0 aliphatic heterocycles. The molecule has 86 valence electrons. The predicted molar refractivity (Wildman–Crippen MR) is 63.2 cm³/mol. The maximum atomic E-state index is 6.12. The summed E-state index contributed by atoms with van der Waals surface area (Å²) in [4.78, 5) is 2.14. The summed E-state index contributed by atoms with van der Waals surface area (Å²) in [6.07, 6.45) is 1.69. The molecule has 1 aromatic heterocycles. The molecular formula is C10H19ClN4. The summed E-state index contributed by atoms with van der Waals surface area (Å²) >= 11 is 6.12. The minimum atomic E-state index is 0.227. The second-order valence-electron chi connectivity index (χ2n) is 3.87. The standard InChI is InChI=1S/C10H19ClN4/c1-5-12-9(7-14(2)3)10-8(11)6-13-15(10)4/h6,9,12H,5,7H2,1-4H3. The zero-order valence-electron chi connectivity index (χ0n) is 9.79. The van der Waals surface area contributed by atoms with Crippen LogP contribution in [0, 0.1) is 0 Å². The number of halogens is 1. The number of likely N-dealkylation sites (N-methyl/N-ethyl adjacent to an activating group) is 2. The van der Waals surface area contributed by atoms with Gasteiger partial charge in [0.1, 0.15) is 0 Å². The number of nitrogens with one attached hydrogen (secondary N) is 1. The average molecular weight is 231 g/mol. The molecule has 0 amide bonds. The van der Waals surface area contributed by atoms with Gasteiger partial charge in [-0.25, -0.2) is 0 Å². The van der Waals surface area contributed by atoms with Crippen LogP contribution < -0.4 is 5.32 Å². The molecule has 5 heteroatoms. The minimum absolute atomic E-state index is 0.227. The van der Waals surface area contributed by atoms with E-state index in [0.717, 1.165) is 23.8 Å². The Morgan fingerprint density at radius 1 is 1.60 bits per heavy atom. The number of rotatable bonds is 5. The second-order valence-corrected chi connectivity index (χ2v) is 4.28. The van der Waals surface area contributed by atoms with Gasteiger partial charge in [0.25, 0.3) is 0 Å². The average Bonchev–Trinajstić information content (AvgIpc) is 2.45. The largest absolute Gasteiger partial charge is 0.308 e. The third kappa shape index (κ3) is 3.19. The molecule has 0 spiro atoms. The molecular weight excluding hydrogens is 212 g/mol.